The quantitative estimate of drug-likeness (QED) is 0.229. The van der Waals surface area contributed by atoms with Crippen molar-refractivity contribution in [2.24, 2.45) is 0 Å². The van der Waals surface area contributed by atoms with Gasteiger partial charge in [0.05, 0.1) is 20.9 Å². The first kappa shape index (κ1) is 22.0. The summed E-state index contributed by atoms with van der Waals surface area (Å²) in [6, 6.07) is 11.5. The van der Waals surface area contributed by atoms with Crippen molar-refractivity contribution in [1.82, 2.24) is 20.7 Å². The molecule has 7 nitrogen and oxygen atoms in total. The van der Waals surface area contributed by atoms with Crippen LogP contribution in [0.15, 0.2) is 51.0 Å². The summed E-state index contributed by atoms with van der Waals surface area (Å²) >= 11 is 10.7. The molecule has 1 saturated heterocycles. The number of carbonyl (C=O) groups excluding carboxylic acids is 3. The second-order valence-corrected chi connectivity index (χ2v) is 11.0. The predicted molar refractivity (Wildman–Crippen MR) is 131 cm³/mol. The van der Waals surface area contributed by atoms with Crippen molar-refractivity contribution in [2.45, 2.75) is 4.34 Å². The lowest BCUT2D eigenvalue weighted by atomic mass is 10.3. The van der Waals surface area contributed by atoms with Crippen LogP contribution in [0.25, 0.3) is 16.3 Å². The van der Waals surface area contributed by atoms with Crippen molar-refractivity contribution in [3.8, 4) is 0 Å². The summed E-state index contributed by atoms with van der Waals surface area (Å²) < 4.78 is 2.13. The monoisotopic (exact) mass is 506 g/mol. The molecule has 0 saturated carbocycles. The molecule has 1 fully saturated rings. The Hall–Kier alpha value is -2.25. The van der Waals surface area contributed by atoms with Gasteiger partial charge in [0.2, 0.25) is 5.91 Å². The van der Waals surface area contributed by atoms with Gasteiger partial charge < -0.3 is 0 Å². The zero-order chi connectivity index (χ0) is 21.8. The van der Waals surface area contributed by atoms with Gasteiger partial charge in [0.1, 0.15) is 10.9 Å². The predicted octanol–water partition coefficient (Wildman–Crippen LogP) is 3.50. The Morgan fingerprint density at radius 3 is 2.74 bits per heavy atom. The number of hydrazine groups is 1. The van der Waals surface area contributed by atoms with E-state index in [9.17, 15) is 14.4 Å². The minimum Gasteiger partial charge on any atom is -0.283 e. The van der Waals surface area contributed by atoms with Crippen LogP contribution in [0, 0.1) is 0 Å². The molecule has 0 atom stereocenters. The summed E-state index contributed by atoms with van der Waals surface area (Å²) in [7, 11) is 0. The van der Waals surface area contributed by atoms with Crippen LogP contribution in [0.2, 0.25) is 0 Å². The summed E-state index contributed by atoms with van der Waals surface area (Å²) in [4.78, 5) is 43.8. The van der Waals surface area contributed by atoms with Gasteiger partial charge >= 0.3 is 0 Å². The van der Waals surface area contributed by atoms with Crippen LogP contribution in [0.3, 0.4) is 0 Å². The third-order valence-corrected chi connectivity index (χ3v) is 8.31. The summed E-state index contributed by atoms with van der Waals surface area (Å²) in [5, 5.41) is 1.91. The summed E-state index contributed by atoms with van der Waals surface area (Å²) in [5.41, 5.74) is 5.57. The number of thioether (sulfide) groups is 2. The van der Waals surface area contributed by atoms with E-state index in [1.54, 1.807) is 6.08 Å². The number of amides is 3. The molecule has 0 aliphatic carbocycles. The zero-order valence-electron chi connectivity index (χ0n) is 15.7. The molecule has 0 spiro atoms. The van der Waals surface area contributed by atoms with Crippen LogP contribution in [-0.2, 0) is 14.4 Å². The third kappa shape index (κ3) is 5.52. The minimum atomic E-state index is -0.535. The van der Waals surface area contributed by atoms with E-state index in [-0.39, 0.29) is 24.1 Å². The van der Waals surface area contributed by atoms with E-state index in [0.717, 1.165) is 31.2 Å². The lowest BCUT2D eigenvalue weighted by Gasteiger charge is -2.14. The van der Waals surface area contributed by atoms with E-state index in [1.165, 1.54) is 39.3 Å². The first-order valence-electron chi connectivity index (χ1n) is 8.84. The average molecular weight is 507 g/mol. The molecule has 1 aromatic carbocycles. The number of para-hydroxylation sites is 1. The van der Waals surface area contributed by atoms with Gasteiger partial charge in [-0.05, 0) is 29.7 Å². The summed E-state index contributed by atoms with van der Waals surface area (Å²) in [6.45, 7) is -0.266. The van der Waals surface area contributed by atoms with Crippen molar-refractivity contribution in [3.63, 3.8) is 0 Å². The first-order valence-corrected chi connectivity index (χ1v) is 12.7. The Morgan fingerprint density at radius 1 is 1.16 bits per heavy atom. The second kappa shape index (κ2) is 9.92. The molecule has 0 radical (unpaired) electrons. The Kier molecular flexibility index (Phi) is 7.02. The molecule has 2 aromatic heterocycles. The first-order chi connectivity index (χ1) is 15.0. The van der Waals surface area contributed by atoms with Gasteiger partial charge in [-0.3, -0.25) is 30.1 Å². The zero-order valence-corrected chi connectivity index (χ0v) is 19.8. The SMILES string of the molecule is O=C(CSc1nc2ccccc2s1)NNC(=O)CN1C(=O)C(=Cc2cccs2)SC1=S. The van der Waals surface area contributed by atoms with Gasteiger partial charge in [0.15, 0.2) is 4.34 Å². The number of nitrogens with one attached hydrogen (secondary N) is 2. The van der Waals surface area contributed by atoms with Gasteiger partial charge in [-0.25, -0.2) is 4.98 Å². The van der Waals surface area contributed by atoms with E-state index in [0.29, 0.717) is 9.23 Å². The molecule has 158 valence electrons. The van der Waals surface area contributed by atoms with Crippen LogP contribution < -0.4 is 10.9 Å². The van der Waals surface area contributed by atoms with Crippen LogP contribution >= 0.6 is 58.4 Å². The molecule has 12 heteroatoms. The van der Waals surface area contributed by atoms with Crippen LogP contribution in [0.1, 0.15) is 4.88 Å². The van der Waals surface area contributed by atoms with E-state index >= 15 is 0 Å². The van der Waals surface area contributed by atoms with Crippen LogP contribution in [0.5, 0.6) is 0 Å². The van der Waals surface area contributed by atoms with Gasteiger partial charge in [-0.15, -0.1) is 22.7 Å². The lowest BCUT2D eigenvalue weighted by molar-refractivity contribution is -0.131. The average Bonchev–Trinajstić information content (AvgIpc) is 3.47. The Labute approximate surface area is 199 Å². The molecule has 3 heterocycles. The molecule has 2 N–H and O–H groups in total. The molecule has 0 unspecified atom stereocenters. The van der Waals surface area contributed by atoms with Crippen molar-refractivity contribution in [3.05, 3.63) is 51.6 Å². The Bertz CT molecular complexity index is 1160. The number of aromatic nitrogens is 1. The molecule has 4 rings (SSSR count). The van der Waals surface area contributed by atoms with E-state index in [2.05, 4.69) is 15.8 Å². The van der Waals surface area contributed by atoms with Crippen molar-refractivity contribution >= 4 is 96.7 Å². The molecular formula is C19H14N4O3S5. The maximum Gasteiger partial charge on any atom is 0.266 e. The maximum absolute atomic E-state index is 12.5. The fourth-order valence-electron chi connectivity index (χ4n) is 2.54. The number of thiazole rings is 1. The number of nitrogens with zero attached hydrogens (tertiary/aromatic N) is 2. The van der Waals surface area contributed by atoms with E-state index in [1.807, 2.05) is 41.8 Å². The molecular weight excluding hydrogens is 493 g/mol. The number of carbonyl (C=O) groups is 3. The lowest BCUT2D eigenvalue weighted by Crippen LogP contribution is -2.47. The van der Waals surface area contributed by atoms with Gasteiger partial charge in [-0.2, -0.15) is 0 Å². The van der Waals surface area contributed by atoms with Crippen molar-refractivity contribution < 1.29 is 14.4 Å². The van der Waals surface area contributed by atoms with Gasteiger partial charge in [0, 0.05) is 4.88 Å². The Morgan fingerprint density at radius 2 is 1.97 bits per heavy atom. The van der Waals surface area contributed by atoms with Crippen LogP contribution in [0.4, 0.5) is 0 Å². The fourth-order valence-corrected chi connectivity index (χ4v) is 6.38. The molecule has 0 bridgehead atoms. The van der Waals surface area contributed by atoms with Crippen LogP contribution in [-0.4, -0.2) is 44.2 Å². The highest BCUT2D eigenvalue weighted by atomic mass is 32.2. The molecule has 3 amide bonds. The number of hydrogen-bond donors (Lipinski definition) is 2. The number of hydrogen-bond acceptors (Lipinski definition) is 9. The van der Waals surface area contributed by atoms with Crippen molar-refractivity contribution in [1.29, 1.82) is 0 Å². The highest BCUT2D eigenvalue weighted by Gasteiger charge is 2.33. The second-order valence-electron chi connectivity index (χ2n) is 6.12. The highest BCUT2D eigenvalue weighted by molar-refractivity contribution is 8.26. The number of thiophene rings is 1. The summed E-state index contributed by atoms with van der Waals surface area (Å²) in [6.07, 6.45) is 1.75. The third-order valence-electron chi connectivity index (χ3n) is 3.93. The molecule has 1 aliphatic heterocycles. The standard InChI is InChI=1S/C19H14N4O3S5/c24-15(9-23-17(26)14(31-19(23)27)8-11-4-3-7-28-11)21-22-16(25)10-29-18-20-12-5-1-2-6-13(12)30-18/h1-8H,9-10H2,(H,21,24)(H,22,25). The summed E-state index contributed by atoms with van der Waals surface area (Å²) in [5.74, 6) is -1.13. The number of benzene rings is 1. The largest absolute Gasteiger partial charge is 0.283 e. The highest BCUT2D eigenvalue weighted by Crippen LogP contribution is 2.33. The molecule has 3 aromatic rings. The van der Waals surface area contributed by atoms with E-state index < -0.39 is 5.91 Å². The fraction of sp³-hybridized carbons (Fsp3) is 0.105. The van der Waals surface area contributed by atoms with Crippen molar-refractivity contribution in [2.75, 3.05) is 12.3 Å². The number of thiocarbonyl (C=S) groups is 1. The van der Waals surface area contributed by atoms with E-state index in [4.69, 9.17) is 12.2 Å². The van der Waals surface area contributed by atoms with Gasteiger partial charge in [0.25, 0.3) is 11.8 Å². The maximum atomic E-state index is 12.5. The minimum absolute atomic E-state index is 0.102. The molecule has 1 aliphatic rings. The molecule has 31 heavy (non-hydrogen) atoms. The smallest absolute Gasteiger partial charge is 0.266 e. The Balaban J connectivity index is 1.24. The normalized spacial score (nSPS) is 15.1. The van der Waals surface area contributed by atoms with Gasteiger partial charge in [-0.1, -0.05) is 53.9 Å². The topological polar surface area (TPSA) is 91.4 Å². The number of rotatable bonds is 6. The number of fused-ring (bicyclic) bond motifs is 1.